The van der Waals surface area contributed by atoms with Crippen molar-refractivity contribution in [2.45, 2.75) is 16.6 Å². The first-order chi connectivity index (χ1) is 11.5. The molecule has 0 radical (unpaired) electrons. The van der Waals surface area contributed by atoms with E-state index in [1.807, 2.05) is 0 Å². The summed E-state index contributed by atoms with van der Waals surface area (Å²) in [6.07, 6.45) is 0.0877. The Hall–Kier alpha value is -1.63. The van der Waals surface area contributed by atoms with Gasteiger partial charge in [0.1, 0.15) is 0 Å². The molecule has 1 saturated heterocycles. The van der Waals surface area contributed by atoms with Crippen LogP contribution in [-0.4, -0.2) is 22.3 Å². The molecule has 2 amide bonds. The maximum atomic E-state index is 12.6. The highest BCUT2D eigenvalue weighted by atomic mass is 79.9. The van der Waals surface area contributed by atoms with Gasteiger partial charge in [0.2, 0.25) is 11.8 Å². The van der Waals surface area contributed by atoms with Crippen molar-refractivity contribution in [3.05, 3.63) is 58.6 Å². The van der Waals surface area contributed by atoms with Gasteiger partial charge in [0.05, 0.1) is 10.9 Å². The molecule has 1 heterocycles. The number of hydrogen-bond donors (Lipinski definition) is 0. The second-order valence-electron chi connectivity index (χ2n) is 5.12. The van der Waals surface area contributed by atoms with Gasteiger partial charge in [-0.05, 0) is 48.0 Å². The number of imide groups is 1. The van der Waals surface area contributed by atoms with E-state index < -0.39 is 10.5 Å². The molecule has 0 spiro atoms. The molecule has 0 bridgehead atoms. The Bertz CT molecular complexity index is 825. The first kappa shape index (κ1) is 17.2. The number of halogens is 2. The van der Waals surface area contributed by atoms with Crippen LogP contribution >= 0.6 is 39.3 Å². The van der Waals surface area contributed by atoms with Gasteiger partial charge in [-0.1, -0.05) is 28.1 Å². The minimum absolute atomic E-state index is 0.0877. The molecule has 1 fully saturated rings. The molecule has 2 aromatic rings. The van der Waals surface area contributed by atoms with Gasteiger partial charge < -0.3 is 0 Å². The van der Waals surface area contributed by atoms with Crippen molar-refractivity contribution >= 4 is 62.0 Å². The van der Waals surface area contributed by atoms with E-state index in [0.717, 1.165) is 4.47 Å². The number of hydrogen-bond acceptors (Lipinski definition) is 4. The molecule has 0 N–H and O–H groups in total. The summed E-state index contributed by atoms with van der Waals surface area (Å²) >= 11 is 10.1. The van der Waals surface area contributed by atoms with Gasteiger partial charge in [-0.15, -0.1) is 11.8 Å². The second kappa shape index (κ2) is 7.09. The third-order valence-corrected chi connectivity index (χ3v) is 5.55. The fraction of sp³-hybridized carbons (Fsp3) is 0.118. The highest BCUT2D eigenvalue weighted by Crippen LogP contribution is 2.36. The van der Waals surface area contributed by atoms with E-state index in [0.29, 0.717) is 16.1 Å². The molecule has 1 aliphatic heterocycles. The minimum atomic E-state index is -0.584. The number of carbonyl (C=O) groups is 3. The van der Waals surface area contributed by atoms with Gasteiger partial charge in [-0.25, -0.2) is 4.90 Å². The Kier molecular flexibility index (Phi) is 5.08. The SMILES string of the molecule is O=C(Cl)c1ccccc1S[C@H]1CC(=O)N(c2ccc(Br)cc2)C1=O. The van der Waals surface area contributed by atoms with E-state index in [2.05, 4.69) is 15.9 Å². The van der Waals surface area contributed by atoms with E-state index in [-0.39, 0.29) is 18.2 Å². The zero-order valence-corrected chi connectivity index (χ0v) is 15.4. The average molecular weight is 425 g/mol. The lowest BCUT2D eigenvalue weighted by Crippen LogP contribution is -2.31. The summed E-state index contributed by atoms with van der Waals surface area (Å²) < 4.78 is 0.867. The van der Waals surface area contributed by atoms with Crippen LogP contribution in [-0.2, 0) is 9.59 Å². The molecular weight excluding hydrogens is 414 g/mol. The Morgan fingerprint density at radius 1 is 1.12 bits per heavy atom. The summed E-state index contributed by atoms with van der Waals surface area (Å²) in [6, 6.07) is 13.8. The van der Waals surface area contributed by atoms with Crippen molar-refractivity contribution in [2.75, 3.05) is 4.90 Å². The zero-order chi connectivity index (χ0) is 17.3. The van der Waals surface area contributed by atoms with Gasteiger partial charge in [0, 0.05) is 21.4 Å². The van der Waals surface area contributed by atoms with Crippen LogP contribution in [0.25, 0.3) is 0 Å². The summed E-state index contributed by atoms with van der Waals surface area (Å²) in [5, 5.41) is -1.15. The van der Waals surface area contributed by atoms with Gasteiger partial charge in [-0.3, -0.25) is 14.4 Å². The molecular formula is C17H11BrClNO3S. The molecule has 7 heteroatoms. The Labute approximate surface area is 156 Å². The number of rotatable bonds is 4. The summed E-state index contributed by atoms with van der Waals surface area (Å²) in [4.78, 5) is 38.2. The summed E-state index contributed by atoms with van der Waals surface area (Å²) in [5.74, 6) is -0.543. The van der Waals surface area contributed by atoms with E-state index in [9.17, 15) is 14.4 Å². The summed E-state index contributed by atoms with van der Waals surface area (Å²) in [6.45, 7) is 0. The Morgan fingerprint density at radius 3 is 2.46 bits per heavy atom. The molecule has 3 rings (SSSR count). The van der Waals surface area contributed by atoms with Crippen LogP contribution in [0.5, 0.6) is 0 Å². The number of benzene rings is 2. The van der Waals surface area contributed by atoms with Crippen molar-refractivity contribution < 1.29 is 14.4 Å². The number of nitrogens with zero attached hydrogens (tertiary/aromatic N) is 1. The van der Waals surface area contributed by atoms with Crippen molar-refractivity contribution in [3.63, 3.8) is 0 Å². The van der Waals surface area contributed by atoms with E-state index in [1.165, 1.54) is 16.7 Å². The van der Waals surface area contributed by atoms with Gasteiger partial charge >= 0.3 is 0 Å². The highest BCUT2D eigenvalue weighted by Gasteiger charge is 2.40. The lowest BCUT2D eigenvalue weighted by Gasteiger charge is -2.15. The summed E-state index contributed by atoms with van der Waals surface area (Å²) in [5.41, 5.74) is 0.879. The van der Waals surface area contributed by atoms with Crippen LogP contribution in [0.15, 0.2) is 57.9 Å². The van der Waals surface area contributed by atoms with Gasteiger partial charge in [0.15, 0.2) is 0 Å². The van der Waals surface area contributed by atoms with Crippen LogP contribution < -0.4 is 4.90 Å². The minimum Gasteiger partial charge on any atom is -0.276 e. The third kappa shape index (κ3) is 3.41. The van der Waals surface area contributed by atoms with Crippen molar-refractivity contribution in [1.29, 1.82) is 0 Å². The van der Waals surface area contributed by atoms with E-state index >= 15 is 0 Å². The topological polar surface area (TPSA) is 54.5 Å². The molecule has 1 atom stereocenters. The zero-order valence-electron chi connectivity index (χ0n) is 12.2. The van der Waals surface area contributed by atoms with Crippen molar-refractivity contribution in [1.82, 2.24) is 0 Å². The van der Waals surface area contributed by atoms with Gasteiger partial charge in [0.25, 0.3) is 5.24 Å². The number of thioether (sulfide) groups is 1. The number of anilines is 1. The largest absolute Gasteiger partial charge is 0.276 e. The fourth-order valence-corrected chi connectivity index (χ4v) is 4.11. The lowest BCUT2D eigenvalue weighted by atomic mass is 10.2. The molecule has 2 aromatic carbocycles. The first-order valence-electron chi connectivity index (χ1n) is 7.05. The second-order valence-corrected chi connectivity index (χ2v) is 7.63. The monoisotopic (exact) mass is 423 g/mol. The average Bonchev–Trinajstić information content (AvgIpc) is 2.83. The molecule has 0 aromatic heterocycles. The molecule has 4 nitrogen and oxygen atoms in total. The van der Waals surface area contributed by atoms with Crippen LogP contribution in [0.2, 0.25) is 0 Å². The molecule has 122 valence electrons. The summed E-state index contributed by atoms with van der Waals surface area (Å²) in [7, 11) is 0. The molecule has 1 aliphatic rings. The maximum absolute atomic E-state index is 12.6. The normalized spacial score (nSPS) is 17.4. The fourth-order valence-electron chi connectivity index (χ4n) is 2.44. The van der Waals surface area contributed by atoms with Crippen LogP contribution in [0.1, 0.15) is 16.8 Å². The lowest BCUT2D eigenvalue weighted by molar-refractivity contribution is -0.121. The van der Waals surface area contributed by atoms with Crippen LogP contribution in [0.4, 0.5) is 5.69 Å². The van der Waals surface area contributed by atoms with Gasteiger partial charge in [-0.2, -0.15) is 0 Å². The Morgan fingerprint density at radius 2 is 1.79 bits per heavy atom. The van der Waals surface area contributed by atoms with Crippen LogP contribution in [0.3, 0.4) is 0 Å². The first-order valence-corrected chi connectivity index (χ1v) is 9.10. The molecule has 0 saturated carbocycles. The van der Waals surface area contributed by atoms with E-state index in [1.54, 1.807) is 48.5 Å². The van der Waals surface area contributed by atoms with E-state index in [4.69, 9.17) is 11.6 Å². The van der Waals surface area contributed by atoms with Crippen molar-refractivity contribution in [2.24, 2.45) is 0 Å². The number of amides is 2. The predicted octanol–water partition coefficient (Wildman–Crippen LogP) is 4.25. The molecule has 0 unspecified atom stereocenters. The number of carbonyl (C=O) groups excluding carboxylic acids is 3. The highest BCUT2D eigenvalue weighted by molar-refractivity contribution is 9.10. The predicted molar refractivity (Wildman–Crippen MR) is 97.5 cm³/mol. The Balaban J connectivity index is 1.85. The quantitative estimate of drug-likeness (QED) is 0.544. The standard InChI is InChI=1S/C17H11BrClNO3S/c18-10-5-7-11(8-6-10)20-15(21)9-14(17(20)23)24-13-4-2-1-3-12(13)16(19)22/h1-8,14H,9H2/t14-/m0/s1. The molecule has 24 heavy (non-hydrogen) atoms. The third-order valence-electron chi connectivity index (χ3n) is 3.56. The van der Waals surface area contributed by atoms with Crippen molar-refractivity contribution in [3.8, 4) is 0 Å². The maximum Gasteiger partial charge on any atom is 0.253 e. The molecule has 0 aliphatic carbocycles. The van der Waals surface area contributed by atoms with Crippen LogP contribution in [0, 0.1) is 0 Å². The smallest absolute Gasteiger partial charge is 0.253 e.